The van der Waals surface area contributed by atoms with E-state index in [-0.39, 0.29) is 10.5 Å². The molecule has 0 bridgehead atoms. The predicted molar refractivity (Wildman–Crippen MR) is 58.5 cm³/mol. The molecule has 0 aliphatic carbocycles. The van der Waals surface area contributed by atoms with Gasteiger partial charge >= 0.3 is 0 Å². The molecule has 6 nitrogen and oxygen atoms in total. The first kappa shape index (κ1) is 11.6. The number of primary amides is 1. The lowest BCUT2D eigenvalue weighted by Gasteiger charge is -2.19. The first-order valence-electron chi connectivity index (χ1n) is 4.84. The number of hydrogen-bond donors (Lipinski definition) is 1. The molecule has 1 atom stereocenters. The Bertz CT molecular complexity index is 608. The van der Waals surface area contributed by atoms with Gasteiger partial charge in [-0.15, -0.1) is 0 Å². The van der Waals surface area contributed by atoms with Crippen LogP contribution in [0.2, 0.25) is 0 Å². The van der Waals surface area contributed by atoms with Crippen molar-refractivity contribution in [2.45, 2.75) is 17.9 Å². The van der Waals surface area contributed by atoms with Crippen molar-refractivity contribution in [1.82, 2.24) is 4.31 Å². The molecular formula is C10H10N2O4S. The first-order chi connectivity index (χ1) is 7.87. The number of sulfonamides is 1. The van der Waals surface area contributed by atoms with Gasteiger partial charge in [0.15, 0.2) is 0 Å². The number of benzene rings is 1. The number of fused-ring (bicyclic) bond motifs is 1. The fraction of sp³-hybridized carbons (Fsp3) is 0.200. The lowest BCUT2D eigenvalue weighted by atomic mass is 10.2. The third-order valence-corrected chi connectivity index (χ3v) is 4.53. The van der Waals surface area contributed by atoms with Crippen molar-refractivity contribution >= 4 is 21.8 Å². The second-order valence-electron chi connectivity index (χ2n) is 3.68. The maximum absolute atomic E-state index is 12.0. The van der Waals surface area contributed by atoms with Crippen molar-refractivity contribution in [2.24, 2.45) is 5.73 Å². The maximum atomic E-state index is 12.0. The minimum absolute atomic E-state index is 0.0700. The summed E-state index contributed by atoms with van der Waals surface area (Å²) in [7, 11) is -3.96. The molecule has 90 valence electrons. The largest absolute Gasteiger partial charge is 0.368 e. The van der Waals surface area contributed by atoms with E-state index in [0.29, 0.717) is 4.31 Å². The fourth-order valence-electron chi connectivity index (χ4n) is 1.70. The maximum Gasteiger partial charge on any atom is 0.269 e. The molecule has 1 aliphatic rings. The number of amides is 2. The van der Waals surface area contributed by atoms with Gasteiger partial charge in [0, 0.05) is 0 Å². The highest BCUT2D eigenvalue weighted by Crippen LogP contribution is 2.31. The minimum atomic E-state index is -3.96. The van der Waals surface area contributed by atoms with Crippen LogP contribution in [-0.2, 0) is 14.8 Å². The zero-order valence-corrected chi connectivity index (χ0v) is 9.77. The van der Waals surface area contributed by atoms with Crippen LogP contribution in [0.4, 0.5) is 0 Å². The summed E-state index contributed by atoms with van der Waals surface area (Å²) >= 11 is 0. The van der Waals surface area contributed by atoms with Crippen molar-refractivity contribution in [2.75, 3.05) is 0 Å². The SMILES string of the molecule is CC(C(N)=O)N1C(=O)c2ccccc2S1(=O)=O. The highest BCUT2D eigenvalue weighted by Gasteiger charge is 2.44. The second kappa shape index (κ2) is 3.56. The van der Waals surface area contributed by atoms with Crippen molar-refractivity contribution in [3.05, 3.63) is 29.8 Å². The third kappa shape index (κ3) is 1.50. The molecule has 1 aromatic rings. The van der Waals surface area contributed by atoms with Gasteiger partial charge in [0.05, 0.1) is 5.56 Å². The first-order valence-corrected chi connectivity index (χ1v) is 6.28. The number of nitrogens with two attached hydrogens (primary N) is 1. The highest BCUT2D eigenvalue weighted by atomic mass is 32.2. The molecule has 0 spiro atoms. The van der Waals surface area contributed by atoms with E-state index in [4.69, 9.17) is 5.73 Å². The quantitative estimate of drug-likeness (QED) is 0.783. The molecule has 2 N–H and O–H groups in total. The predicted octanol–water partition coefficient (Wildman–Crippen LogP) is -0.295. The Morgan fingerprint density at radius 3 is 2.47 bits per heavy atom. The molecule has 7 heteroatoms. The summed E-state index contributed by atoms with van der Waals surface area (Å²) in [4.78, 5) is 22.8. The molecule has 0 saturated heterocycles. The van der Waals surface area contributed by atoms with E-state index in [2.05, 4.69) is 0 Å². The Morgan fingerprint density at radius 1 is 1.35 bits per heavy atom. The minimum Gasteiger partial charge on any atom is -0.368 e. The van der Waals surface area contributed by atoms with E-state index in [1.807, 2.05) is 0 Å². The number of carbonyl (C=O) groups is 2. The monoisotopic (exact) mass is 254 g/mol. The van der Waals surface area contributed by atoms with E-state index in [9.17, 15) is 18.0 Å². The average molecular weight is 254 g/mol. The lowest BCUT2D eigenvalue weighted by molar-refractivity contribution is -0.120. The van der Waals surface area contributed by atoms with Gasteiger partial charge in [-0.05, 0) is 19.1 Å². The van der Waals surface area contributed by atoms with E-state index in [1.54, 1.807) is 6.07 Å². The van der Waals surface area contributed by atoms with Gasteiger partial charge in [-0.3, -0.25) is 9.59 Å². The topological polar surface area (TPSA) is 97.5 Å². The van der Waals surface area contributed by atoms with Crippen LogP contribution >= 0.6 is 0 Å². The number of rotatable bonds is 2. The van der Waals surface area contributed by atoms with Gasteiger partial charge in [0.2, 0.25) is 5.91 Å². The lowest BCUT2D eigenvalue weighted by Crippen LogP contribution is -2.45. The molecule has 0 radical (unpaired) electrons. The molecule has 17 heavy (non-hydrogen) atoms. The van der Waals surface area contributed by atoms with Crippen molar-refractivity contribution < 1.29 is 18.0 Å². The molecule has 1 unspecified atom stereocenters. The van der Waals surface area contributed by atoms with E-state index in [1.165, 1.54) is 25.1 Å². The summed E-state index contributed by atoms with van der Waals surface area (Å²) < 4.78 is 24.6. The van der Waals surface area contributed by atoms with Crippen LogP contribution < -0.4 is 5.73 Å². The summed E-state index contributed by atoms with van der Waals surface area (Å²) in [6.45, 7) is 1.28. The summed E-state index contributed by atoms with van der Waals surface area (Å²) in [5.41, 5.74) is 5.11. The van der Waals surface area contributed by atoms with E-state index < -0.39 is 27.9 Å². The van der Waals surface area contributed by atoms with Crippen molar-refractivity contribution in [1.29, 1.82) is 0 Å². The molecule has 0 saturated carbocycles. The van der Waals surface area contributed by atoms with Crippen LogP contribution in [0.1, 0.15) is 17.3 Å². The number of hydrogen-bond acceptors (Lipinski definition) is 4. The van der Waals surface area contributed by atoms with Crippen LogP contribution in [0.15, 0.2) is 29.2 Å². The Labute approximate surface area is 98.1 Å². The van der Waals surface area contributed by atoms with Crippen LogP contribution in [0.5, 0.6) is 0 Å². The number of carbonyl (C=O) groups excluding carboxylic acids is 2. The molecule has 2 amide bonds. The Hall–Kier alpha value is -1.89. The molecule has 1 aliphatic heterocycles. The van der Waals surface area contributed by atoms with Gasteiger partial charge in [-0.25, -0.2) is 12.7 Å². The smallest absolute Gasteiger partial charge is 0.269 e. The average Bonchev–Trinajstić information content (AvgIpc) is 2.47. The van der Waals surface area contributed by atoms with Gasteiger partial charge in [-0.2, -0.15) is 0 Å². The zero-order chi connectivity index (χ0) is 12.8. The van der Waals surface area contributed by atoms with Crippen molar-refractivity contribution in [3.8, 4) is 0 Å². The summed E-state index contributed by atoms with van der Waals surface area (Å²) in [6, 6.07) is 4.62. The molecule has 1 heterocycles. The van der Waals surface area contributed by atoms with Crippen LogP contribution in [0.25, 0.3) is 0 Å². The van der Waals surface area contributed by atoms with E-state index in [0.717, 1.165) is 0 Å². The summed E-state index contributed by atoms with van der Waals surface area (Å²) in [5.74, 6) is -1.58. The normalized spacial score (nSPS) is 18.9. The van der Waals surface area contributed by atoms with Gasteiger partial charge < -0.3 is 5.73 Å². The van der Waals surface area contributed by atoms with Crippen molar-refractivity contribution in [3.63, 3.8) is 0 Å². The highest BCUT2D eigenvalue weighted by molar-refractivity contribution is 7.90. The molecule has 1 aromatic carbocycles. The fourth-order valence-corrected chi connectivity index (χ4v) is 3.43. The van der Waals surface area contributed by atoms with Crippen LogP contribution in [0, 0.1) is 0 Å². The summed E-state index contributed by atoms with van der Waals surface area (Å²) in [6.07, 6.45) is 0. The Morgan fingerprint density at radius 2 is 1.94 bits per heavy atom. The third-order valence-electron chi connectivity index (χ3n) is 2.62. The molecule has 2 rings (SSSR count). The van der Waals surface area contributed by atoms with Gasteiger partial charge in [-0.1, -0.05) is 12.1 Å². The zero-order valence-electron chi connectivity index (χ0n) is 8.95. The molecule has 0 fully saturated rings. The number of nitrogens with zero attached hydrogens (tertiary/aromatic N) is 1. The standard InChI is InChI=1S/C10H10N2O4S/c1-6(9(11)13)12-10(14)7-4-2-3-5-8(7)17(12,15)16/h2-6H,1H3,(H2,11,13). The second-order valence-corrected chi connectivity index (χ2v) is 5.46. The van der Waals surface area contributed by atoms with Gasteiger partial charge in [0.25, 0.3) is 15.9 Å². The summed E-state index contributed by atoms with van der Waals surface area (Å²) in [5, 5.41) is 0. The van der Waals surface area contributed by atoms with Crippen LogP contribution in [-0.4, -0.2) is 30.6 Å². The van der Waals surface area contributed by atoms with Gasteiger partial charge in [0.1, 0.15) is 10.9 Å². The van der Waals surface area contributed by atoms with Crippen LogP contribution in [0.3, 0.4) is 0 Å². The van der Waals surface area contributed by atoms with E-state index >= 15 is 0 Å². The molecule has 0 aromatic heterocycles. The Kier molecular flexibility index (Phi) is 2.43. The Balaban J connectivity index is 2.63. The molecular weight excluding hydrogens is 244 g/mol.